The monoisotopic (exact) mass is 782 g/mol. The van der Waals surface area contributed by atoms with Gasteiger partial charge in [-0.25, -0.2) is 0 Å². The molecule has 0 saturated carbocycles. The lowest BCUT2D eigenvalue weighted by atomic mass is 10.2. The largest absolute Gasteiger partial charge is 0.507 e. The van der Waals surface area contributed by atoms with E-state index in [0.717, 1.165) is 68.6 Å². The maximum atomic E-state index is 10.2. The summed E-state index contributed by atoms with van der Waals surface area (Å²) in [7, 11) is 0. The van der Waals surface area contributed by atoms with Crippen LogP contribution >= 0.6 is 35.3 Å². The van der Waals surface area contributed by atoms with Crippen LogP contribution in [0.15, 0.2) is 175 Å². The number of hydrogen-bond acceptors (Lipinski definition) is 10. The molecule has 0 fully saturated rings. The number of para-hydroxylation sites is 6. The Morgan fingerprint density at radius 3 is 0.964 bits per heavy atom. The van der Waals surface area contributed by atoms with E-state index in [0.29, 0.717) is 16.7 Å². The van der Waals surface area contributed by atoms with E-state index >= 15 is 0 Å². The van der Waals surface area contributed by atoms with Crippen molar-refractivity contribution in [2.45, 2.75) is 14.7 Å². The number of phenolic OH excluding ortho intramolecular Hbond substituents is 3. The Kier molecular flexibility index (Phi) is 15.1. The SMILES string of the molecule is Oc1ccccc1C=Nc1ccccc1SCCN(CCSc1ccccc1N=Cc1ccccc1O)CCSc1ccccc1N=Cc1ccccc1O. The third kappa shape index (κ3) is 12.1. The number of rotatable bonds is 18. The zero-order valence-electron chi connectivity index (χ0n) is 30.2. The summed E-state index contributed by atoms with van der Waals surface area (Å²) in [6, 6.07) is 45.9. The molecule has 3 N–H and O–H groups in total. The van der Waals surface area contributed by atoms with E-state index in [9.17, 15) is 15.3 Å². The molecule has 278 valence electrons. The van der Waals surface area contributed by atoms with E-state index in [2.05, 4.69) is 23.1 Å². The van der Waals surface area contributed by atoms with E-state index in [1.54, 1.807) is 90.3 Å². The highest BCUT2D eigenvalue weighted by Crippen LogP contribution is 2.33. The fourth-order valence-electron chi connectivity index (χ4n) is 5.45. The smallest absolute Gasteiger partial charge is 0.124 e. The van der Waals surface area contributed by atoms with Crippen molar-refractivity contribution in [3.8, 4) is 17.2 Å². The number of aliphatic imine (C=N–C) groups is 3. The van der Waals surface area contributed by atoms with Gasteiger partial charge >= 0.3 is 0 Å². The average molecular weight is 783 g/mol. The molecule has 0 aliphatic carbocycles. The van der Waals surface area contributed by atoms with Gasteiger partial charge in [-0.15, -0.1) is 35.3 Å². The molecule has 0 aliphatic rings. The number of aromatic hydroxyl groups is 3. The Labute approximate surface area is 335 Å². The van der Waals surface area contributed by atoms with Crippen LogP contribution in [0.4, 0.5) is 17.1 Å². The third-order valence-corrected chi connectivity index (χ3v) is 11.6. The molecular weight excluding hydrogens is 741 g/mol. The fraction of sp³-hybridized carbons (Fsp3) is 0.133. The molecule has 0 spiro atoms. The summed E-state index contributed by atoms with van der Waals surface area (Å²) in [5, 5.41) is 30.6. The van der Waals surface area contributed by atoms with Gasteiger partial charge in [-0.05, 0) is 72.8 Å². The summed E-state index contributed by atoms with van der Waals surface area (Å²) in [6.45, 7) is 2.64. The van der Waals surface area contributed by atoms with Crippen LogP contribution in [-0.2, 0) is 0 Å². The van der Waals surface area contributed by atoms with Crippen molar-refractivity contribution in [1.29, 1.82) is 0 Å². The molecule has 10 heteroatoms. The zero-order chi connectivity index (χ0) is 38.1. The molecule has 6 rings (SSSR count). The van der Waals surface area contributed by atoms with Crippen LogP contribution in [0.25, 0.3) is 0 Å². The second kappa shape index (κ2) is 21.0. The maximum Gasteiger partial charge on any atom is 0.124 e. The molecule has 0 aliphatic heterocycles. The van der Waals surface area contributed by atoms with E-state index in [4.69, 9.17) is 15.0 Å². The normalized spacial score (nSPS) is 11.7. The summed E-state index contributed by atoms with van der Waals surface area (Å²) in [5.74, 6) is 3.25. The Morgan fingerprint density at radius 1 is 0.382 bits per heavy atom. The highest BCUT2D eigenvalue weighted by Gasteiger charge is 2.11. The second-order valence-corrected chi connectivity index (χ2v) is 15.7. The van der Waals surface area contributed by atoms with Gasteiger partial charge in [0.25, 0.3) is 0 Å². The van der Waals surface area contributed by atoms with Crippen LogP contribution in [0, 0.1) is 0 Å². The molecule has 55 heavy (non-hydrogen) atoms. The number of hydrogen-bond donors (Lipinski definition) is 3. The average Bonchev–Trinajstić information content (AvgIpc) is 3.21. The molecule has 0 unspecified atom stereocenters. The predicted molar refractivity (Wildman–Crippen MR) is 234 cm³/mol. The van der Waals surface area contributed by atoms with E-state index in [-0.39, 0.29) is 17.2 Å². The van der Waals surface area contributed by atoms with Crippen molar-refractivity contribution in [3.05, 3.63) is 162 Å². The first kappa shape index (κ1) is 39.4. The Hall–Kier alpha value is -5.26. The van der Waals surface area contributed by atoms with Crippen molar-refractivity contribution in [2.24, 2.45) is 15.0 Å². The first-order valence-corrected chi connectivity index (χ1v) is 20.8. The topological polar surface area (TPSA) is 101 Å². The molecule has 0 amide bonds. The lowest BCUT2D eigenvalue weighted by molar-refractivity contribution is 0.329. The summed E-state index contributed by atoms with van der Waals surface area (Å²) >= 11 is 5.34. The number of nitrogens with zero attached hydrogens (tertiary/aromatic N) is 4. The van der Waals surface area contributed by atoms with Gasteiger partial charge in [0.2, 0.25) is 0 Å². The van der Waals surface area contributed by atoms with Crippen molar-refractivity contribution in [3.63, 3.8) is 0 Å². The Bertz CT molecular complexity index is 1990. The van der Waals surface area contributed by atoms with Crippen LogP contribution < -0.4 is 0 Å². The minimum atomic E-state index is 0.206. The van der Waals surface area contributed by atoms with Gasteiger partial charge in [0.15, 0.2) is 0 Å². The molecule has 0 bridgehead atoms. The highest BCUT2D eigenvalue weighted by molar-refractivity contribution is 8.00. The van der Waals surface area contributed by atoms with Crippen LogP contribution in [-0.4, -0.2) is 75.8 Å². The molecule has 0 radical (unpaired) electrons. The van der Waals surface area contributed by atoms with Gasteiger partial charge < -0.3 is 20.2 Å². The van der Waals surface area contributed by atoms with Crippen LogP contribution in [0.1, 0.15) is 16.7 Å². The molecule has 6 aromatic rings. The standard InChI is InChI=1S/C45H42N4O3S3/c50-40-19-7-1-13-34(40)31-46-37-16-4-10-22-43(37)53-28-25-49(26-29-54-44-23-11-5-17-38(44)47-32-35-14-2-8-20-41(35)51)27-30-55-45-24-12-6-18-39(45)48-33-36-15-3-9-21-42(36)52/h1-24,31-33,50-52H,25-30H2. The highest BCUT2D eigenvalue weighted by atomic mass is 32.2. The number of benzene rings is 6. The Balaban J connectivity index is 1.11. The Morgan fingerprint density at radius 2 is 0.655 bits per heavy atom. The lowest BCUT2D eigenvalue weighted by Crippen LogP contribution is -2.30. The molecule has 7 nitrogen and oxygen atoms in total. The quantitative estimate of drug-likeness (QED) is 0.0589. The molecule has 0 heterocycles. The van der Waals surface area contributed by atoms with E-state index in [1.807, 2.05) is 91.0 Å². The van der Waals surface area contributed by atoms with Crippen LogP contribution in [0.5, 0.6) is 17.2 Å². The van der Waals surface area contributed by atoms with Crippen molar-refractivity contribution in [2.75, 3.05) is 36.9 Å². The first-order valence-electron chi connectivity index (χ1n) is 17.9. The van der Waals surface area contributed by atoms with Crippen LogP contribution in [0.2, 0.25) is 0 Å². The maximum absolute atomic E-state index is 10.2. The molecule has 0 saturated heterocycles. The third-order valence-electron chi connectivity index (χ3n) is 8.43. The van der Waals surface area contributed by atoms with Gasteiger partial charge in [-0.2, -0.15) is 0 Å². The minimum Gasteiger partial charge on any atom is -0.507 e. The molecule has 0 aromatic heterocycles. The minimum absolute atomic E-state index is 0.206. The van der Waals surface area contributed by atoms with Crippen LogP contribution in [0.3, 0.4) is 0 Å². The first-order chi connectivity index (χ1) is 27.0. The summed E-state index contributed by atoms with van der Waals surface area (Å²) in [6.07, 6.45) is 5.14. The van der Waals surface area contributed by atoms with Gasteiger partial charge in [-0.3, -0.25) is 15.0 Å². The zero-order valence-corrected chi connectivity index (χ0v) is 32.6. The lowest BCUT2D eigenvalue weighted by Gasteiger charge is -2.22. The molecule has 0 atom stereocenters. The van der Waals surface area contributed by atoms with E-state index < -0.39 is 0 Å². The van der Waals surface area contributed by atoms with Gasteiger partial charge in [-0.1, -0.05) is 72.8 Å². The van der Waals surface area contributed by atoms with Gasteiger partial charge in [0, 0.05) is 86.9 Å². The predicted octanol–water partition coefficient (Wildman–Crippen LogP) is 11.0. The molecule has 6 aromatic carbocycles. The van der Waals surface area contributed by atoms with Gasteiger partial charge in [0.05, 0.1) is 17.1 Å². The van der Waals surface area contributed by atoms with Crippen molar-refractivity contribution >= 4 is 71.0 Å². The van der Waals surface area contributed by atoms with Crippen molar-refractivity contribution in [1.82, 2.24) is 4.90 Å². The van der Waals surface area contributed by atoms with E-state index in [1.165, 1.54) is 0 Å². The summed E-state index contributed by atoms with van der Waals surface area (Å²) in [5.41, 5.74) is 4.65. The summed E-state index contributed by atoms with van der Waals surface area (Å²) in [4.78, 5) is 19.9. The fourth-order valence-corrected chi connectivity index (χ4v) is 8.49. The number of thioether (sulfide) groups is 3. The van der Waals surface area contributed by atoms with Gasteiger partial charge in [0.1, 0.15) is 17.2 Å². The summed E-state index contributed by atoms with van der Waals surface area (Å²) < 4.78 is 0. The number of phenols is 3. The molecular formula is C45H42N4O3S3. The van der Waals surface area contributed by atoms with Crippen molar-refractivity contribution < 1.29 is 15.3 Å². The second-order valence-electron chi connectivity index (χ2n) is 12.2.